The van der Waals surface area contributed by atoms with Gasteiger partial charge in [-0.05, 0) is 32.3 Å². The van der Waals surface area contributed by atoms with E-state index in [-0.39, 0.29) is 0 Å². The first-order valence-electron chi connectivity index (χ1n) is 8.65. The first kappa shape index (κ1) is 16.2. The Hall–Kier alpha value is -1.65. The summed E-state index contributed by atoms with van der Waals surface area (Å²) in [5.41, 5.74) is 3.95. The molecular weight excluding hydrogens is 286 g/mol. The van der Waals surface area contributed by atoms with E-state index in [1.54, 1.807) is 0 Å². The molecule has 0 amide bonds. The smallest absolute Gasteiger partial charge is 0.0703 e. The molecule has 0 unspecified atom stereocenters. The molecule has 4 nitrogen and oxygen atoms in total. The molecule has 0 spiro atoms. The molecule has 1 fully saturated rings. The van der Waals surface area contributed by atoms with Crippen LogP contribution in [-0.4, -0.2) is 33.9 Å². The minimum Gasteiger partial charge on any atom is -0.377 e. The van der Waals surface area contributed by atoms with Crippen molar-refractivity contribution in [2.24, 2.45) is 0 Å². The van der Waals surface area contributed by atoms with E-state index in [2.05, 4.69) is 58.9 Å². The second kappa shape index (κ2) is 7.75. The van der Waals surface area contributed by atoms with Crippen LogP contribution in [0.4, 0.5) is 0 Å². The monoisotopic (exact) mass is 313 g/mol. The van der Waals surface area contributed by atoms with Crippen LogP contribution in [0.25, 0.3) is 0 Å². The Kier molecular flexibility index (Phi) is 5.47. The highest BCUT2D eigenvalue weighted by Crippen LogP contribution is 2.18. The Morgan fingerprint density at radius 2 is 2.09 bits per heavy atom. The van der Waals surface area contributed by atoms with Crippen LogP contribution in [0.3, 0.4) is 0 Å². The molecule has 0 aliphatic carbocycles. The van der Waals surface area contributed by atoms with Crippen LogP contribution in [0.15, 0.2) is 36.5 Å². The van der Waals surface area contributed by atoms with Crippen molar-refractivity contribution in [3.8, 4) is 0 Å². The van der Waals surface area contributed by atoms with E-state index in [4.69, 9.17) is 4.74 Å². The molecule has 4 heteroatoms. The fourth-order valence-electron chi connectivity index (χ4n) is 3.30. The van der Waals surface area contributed by atoms with Crippen molar-refractivity contribution >= 4 is 0 Å². The van der Waals surface area contributed by atoms with Crippen molar-refractivity contribution in [3.63, 3.8) is 0 Å². The molecule has 1 saturated heterocycles. The molecule has 0 bridgehead atoms. The molecule has 1 aliphatic rings. The highest BCUT2D eigenvalue weighted by atomic mass is 16.5. The topological polar surface area (TPSA) is 30.3 Å². The molecule has 124 valence electrons. The van der Waals surface area contributed by atoms with Gasteiger partial charge in [0.15, 0.2) is 0 Å². The molecule has 3 rings (SSSR count). The lowest BCUT2D eigenvalue weighted by atomic mass is 10.1. The van der Waals surface area contributed by atoms with Gasteiger partial charge in [-0.3, -0.25) is 9.58 Å². The summed E-state index contributed by atoms with van der Waals surface area (Å²) >= 11 is 0. The third-order valence-corrected chi connectivity index (χ3v) is 4.63. The zero-order chi connectivity index (χ0) is 16.1. The van der Waals surface area contributed by atoms with Gasteiger partial charge >= 0.3 is 0 Å². The highest BCUT2D eigenvalue weighted by molar-refractivity contribution is 5.18. The number of hydrogen-bond donors (Lipinski definition) is 0. The Bertz CT molecular complexity index is 602. The van der Waals surface area contributed by atoms with E-state index >= 15 is 0 Å². The third kappa shape index (κ3) is 4.21. The lowest BCUT2D eigenvalue weighted by Crippen LogP contribution is -2.31. The average Bonchev–Trinajstić information content (AvgIpc) is 3.19. The lowest BCUT2D eigenvalue weighted by Gasteiger charge is -2.25. The van der Waals surface area contributed by atoms with Crippen LogP contribution in [0, 0.1) is 6.92 Å². The summed E-state index contributed by atoms with van der Waals surface area (Å²) in [7, 11) is 0. The fourth-order valence-corrected chi connectivity index (χ4v) is 3.30. The molecule has 1 aromatic heterocycles. The molecule has 2 heterocycles. The van der Waals surface area contributed by atoms with Crippen LogP contribution in [0.2, 0.25) is 0 Å². The molecule has 23 heavy (non-hydrogen) atoms. The summed E-state index contributed by atoms with van der Waals surface area (Å²) in [6, 6.07) is 10.7. The maximum absolute atomic E-state index is 5.85. The van der Waals surface area contributed by atoms with Gasteiger partial charge in [-0.25, -0.2) is 0 Å². The Morgan fingerprint density at radius 3 is 2.74 bits per heavy atom. The van der Waals surface area contributed by atoms with Gasteiger partial charge < -0.3 is 4.74 Å². The normalized spacial score (nSPS) is 18.0. The number of rotatable bonds is 7. The zero-order valence-corrected chi connectivity index (χ0v) is 14.2. The van der Waals surface area contributed by atoms with Gasteiger partial charge in [0.1, 0.15) is 0 Å². The summed E-state index contributed by atoms with van der Waals surface area (Å²) in [6.45, 7) is 9.02. The van der Waals surface area contributed by atoms with Gasteiger partial charge in [0.25, 0.3) is 0 Å². The first-order valence-corrected chi connectivity index (χ1v) is 8.65. The lowest BCUT2D eigenvalue weighted by molar-refractivity contribution is 0.0678. The van der Waals surface area contributed by atoms with Crippen LogP contribution >= 0.6 is 0 Å². The van der Waals surface area contributed by atoms with Crippen molar-refractivity contribution in [1.82, 2.24) is 14.7 Å². The van der Waals surface area contributed by atoms with Gasteiger partial charge in [0.2, 0.25) is 0 Å². The first-order chi connectivity index (χ1) is 11.3. The van der Waals surface area contributed by atoms with E-state index in [0.29, 0.717) is 6.10 Å². The SMILES string of the molecule is CCn1ncc(CN(Cc2ccccc2)C[C@H]2CCCO2)c1C. The van der Waals surface area contributed by atoms with Crippen LogP contribution in [-0.2, 0) is 24.4 Å². The van der Waals surface area contributed by atoms with Gasteiger partial charge in [0.05, 0.1) is 12.3 Å². The molecule has 0 saturated carbocycles. The second-order valence-electron chi connectivity index (χ2n) is 6.36. The fraction of sp³-hybridized carbons (Fsp3) is 0.526. The summed E-state index contributed by atoms with van der Waals surface area (Å²) in [5, 5.41) is 4.48. The Labute approximate surface area is 139 Å². The number of ether oxygens (including phenoxy) is 1. The number of aryl methyl sites for hydroxylation is 1. The third-order valence-electron chi connectivity index (χ3n) is 4.63. The van der Waals surface area contributed by atoms with E-state index in [0.717, 1.165) is 32.8 Å². The van der Waals surface area contributed by atoms with E-state index < -0.39 is 0 Å². The number of nitrogens with zero attached hydrogens (tertiary/aromatic N) is 3. The van der Waals surface area contributed by atoms with Gasteiger partial charge in [-0.15, -0.1) is 0 Å². The summed E-state index contributed by atoms with van der Waals surface area (Å²) in [4.78, 5) is 2.50. The predicted molar refractivity (Wildman–Crippen MR) is 92.2 cm³/mol. The van der Waals surface area contributed by atoms with Crippen molar-refractivity contribution in [2.45, 2.75) is 52.4 Å². The molecule has 1 aliphatic heterocycles. The molecule has 2 aromatic rings. The minimum absolute atomic E-state index is 0.375. The number of benzene rings is 1. The van der Waals surface area contributed by atoms with Gasteiger partial charge in [-0.2, -0.15) is 5.10 Å². The highest BCUT2D eigenvalue weighted by Gasteiger charge is 2.20. The van der Waals surface area contributed by atoms with Crippen LogP contribution < -0.4 is 0 Å². The predicted octanol–water partition coefficient (Wildman–Crippen LogP) is 3.39. The summed E-state index contributed by atoms with van der Waals surface area (Å²) in [6.07, 6.45) is 4.77. The average molecular weight is 313 g/mol. The Balaban J connectivity index is 1.72. The Morgan fingerprint density at radius 1 is 1.26 bits per heavy atom. The number of aromatic nitrogens is 2. The quantitative estimate of drug-likeness (QED) is 0.785. The molecule has 0 radical (unpaired) electrons. The largest absolute Gasteiger partial charge is 0.377 e. The number of hydrogen-bond acceptors (Lipinski definition) is 3. The van der Waals surface area contributed by atoms with E-state index in [1.807, 2.05) is 6.20 Å². The van der Waals surface area contributed by atoms with Gasteiger partial charge in [0, 0.05) is 44.0 Å². The van der Waals surface area contributed by atoms with Crippen molar-refractivity contribution in [2.75, 3.05) is 13.2 Å². The van der Waals surface area contributed by atoms with Crippen molar-refractivity contribution < 1.29 is 4.74 Å². The second-order valence-corrected chi connectivity index (χ2v) is 6.36. The van der Waals surface area contributed by atoms with E-state index in [9.17, 15) is 0 Å². The van der Waals surface area contributed by atoms with Crippen molar-refractivity contribution in [1.29, 1.82) is 0 Å². The van der Waals surface area contributed by atoms with E-state index in [1.165, 1.54) is 29.7 Å². The molecule has 1 atom stereocenters. The standard InChI is InChI=1S/C19H27N3O/c1-3-22-16(2)18(12-20-22)14-21(15-19-10-7-11-23-19)13-17-8-5-4-6-9-17/h4-6,8-9,12,19H,3,7,10-11,13-15H2,1-2H3/t19-/m1/s1. The summed E-state index contributed by atoms with van der Waals surface area (Å²) in [5.74, 6) is 0. The molecule has 1 aromatic carbocycles. The van der Waals surface area contributed by atoms with Crippen molar-refractivity contribution in [3.05, 3.63) is 53.3 Å². The maximum atomic E-state index is 5.85. The maximum Gasteiger partial charge on any atom is 0.0703 e. The summed E-state index contributed by atoms with van der Waals surface area (Å²) < 4.78 is 7.92. The van der Waals surface area contributed by atoms with Crippen LogP contribution in [0.5, 0.6) is 0 Å². The molecule has 0 N–H and O–H groups in total. The van der Waals surface area contributed by atoms with Crippen LogP contribution in [0.1, 0.15) is 36.6 Å². The zero-order valence-electron chi connectivity index (χ0n) is 14.2. The molecular formula is C19H27N3O. The minimum atomic E-state index is 0.375. The van der Waals surface area contributed by atoms with Gasteiger partial charge in [-0.1, -0.05) is 30.3 Å².